The van der Waals surface area contributed by atoms with Crippen molar-refractivity contribution in [3.63, 3.8) is 0 Å². The van der Waals surface area contributed by atoms with Gasteiger partial charge in [0.1, 0.15) is 5.25 Å². The second-order valence-electron chi connectivity index (χ2n) is 7.60. The highest BCUT2D eigenvalue weighted by atomic mass is 32.2. The summed E-state index contributed by atoms with van der Waals surface area (Å²) in [5.41, 5.74) is 1.84. The highest BCUT2D eigenvalue weighted by Crippen LogP contribution is 2.36. The van der Waals surface area contributed by atoms with E-state index in [4.69, 9.17) is 4.74 Å². The van der Waals surface area contributed by atoms with Crippen LogP contribution >= 0.6 is 11.8 Å². The number of anilines is 1. The van der Waals surface area contributed by atoms with Gasteiger partial charge in [-0.2, -0.15) is 0 Å². The Kier molecular flexibility index (Phi) is 7.59. The van der Waals surface area contributed by atoms with Crippen molar-refractivity contribution in [3.05, 3.63) is 96.1 Å². The number of carbonyl (C=O) groups excluding carboxylic acids is 2. The van der Waals surface area contributed by atoms with Gasteiger partial charge in [-0.1, -0.05) is 60.7 Å². The quantitative estimate of drug-likeness (QED) is 0.474. The van der Waals surface area contributed by atoms with Crippen LogP contribution in [0.4, 0.5) is 5.69 Å². The van der Waals surface area contributed by atoms with Crippen LogP contribution in [0.1, 0.15) is 34.0 Å². The van der Waals surface area contributed by atoms with Gasteiger partial charge in [0, 0.05) is 18.0 Å². The van der Waals surface area contributed by atoms with Gasteiger partial charge < -0.3 is 15.4 Å². The number of thioether (sulfide) groups is 1. The van der Waals surface area contributed by atoms with E-state index in [1.165, 1.54) is 11.8 Å². The number of hydrogen-bond donors (Lipinski definition) is 2. The number of benzene rings is 3. The predicted octanol–water partition coefficient (Wildman–Crippen LogP) is 5.07. The lowest BCUT2D eigenvalue weighted by Crippen LogP contribution is -2.32. The monoisotopic (exact) mass is 446 g/mol. The van der Waals surface area contributed by atoms with Crippen molar-refractivity contribution in [2.75, 3.05) is 18.5 Å². The highest BCUT2D eigenvalue weighted by molar-refractivity contribution is 8.00. The molecule has 0 aliphatic carbocycles. The van der Waals surface area contributed by atoms with Gasteiger partial charge in [-0.15, -0.1) is 11.8 Å². The lowest BCUT2D eigenvalue weighted by Gasteiger charge is -2.19. The van der Waals surface area contributed by atoms with E-state index >= 15 is 0 Å². The molecule has 1 aliphatic heterocycles. The van der Waals surface area contributed by atoms with Crippen LogP contribution in [-0.4, -0.2) is 31.1 Å². The number of para-hydroxylation sites is 1. The summed E-state index contributed by atoms with van der Waals surface area (Å²) in [5.74, 6) is -0.396. The fourth-order valence-electron chi connectivity index (χ4n) is 3.63. The van der Waals surface area contributed by atoms with Crippen molar-refractivity contribution in [3.8, 4) is 0 Å². The number of ether oxygens (including phenoxy) is 1. The average Bonchev–Trinajstić information content (AvgIpc) is 3.36. The molecule has 1 heterocycles. The molecule has 5 nitrogen and oxygen atoms in total. The third-order valence-electron chi connectivity index (χ3n) is 5.28. The van der Waals surface area contributed by atoms with Crippen molar-refractivity contribution in [2.45, 2.75) is 29.1 Å². The van der Waals surface area contributed by atoms with Crippen LogP contribution in [0.5, 0.6) is 0 Å². The summed E-state index contributed by atoms with van der Waals surface area (Å²) in [4.78, 5) is 27.2. The first-order chi connectivity index (χ1) is 15.7. The first-order valence-electron chi connectivity index (χ1n) is 10.8. The average molecular weight is 447 g/mol. The van der Waals surface area contributed by atoms with Crippen molar-refractivity contribution < 1.29 is 14.3 Å². The van der Waals surface area contributed by atoms with Crippen LogP contribution in [-0.2, 0) is 9.53 Å². The third kappa shape index (κ3) is 5.78. The summed E-state index contributed by atoms with van der Waals surface area (Å²) in [7, 11) is 0. The topological polar surface area (TPSA) is 67.4 Å². The second-order valence-corrected chi connectivity index (χ2v) is 8.78. The molecule has 1 aliphatic rings. The van der Waals surface area contributed by atoms with Crippen LogP contribution in [0.2, 0.25) is 0 Å². The van der Waals surface area contributed by atoms with Gasteiger partial charge in [0.05, 0.1) is 17.4 Å². The summed E-state index contributed by atoms with van der Waals surface area (Å²) in [6, 6.07) is 26.6. The Morgan fingerprint density at radius 1 is 0.938 bits per heavy atom. The summed E-state index contributed by atoms with van der Waals surface area (Å²) < 4.78 is 5.58. The summed E-state index contributed by atoms with van der Waals surface area (Å²) in [6.07, 6.45) is 2.03. The molecular weight excluding hydrogens is 420 g/mol. The maximum Gasteiger partial charge on any atom is 0.253 e. The molecule has 2 atom stereocenters. The smallest absolute Gasteiger partial charge is 0.253 e. The number of hydrogen-bond acceptors (Lipinski definition) is 4. The maximum atomic E-state index is 13.4. The number of nitrogens with one attached hydrogen (secondary N) is 2. The zero-order valence-corrected chi connectivity index (χ0v) is 18.5. The van der Waals surface area contributed by atoms with E-state index in [2.05, 4.69) is 10.6 Å². The molecule has 2 unspecified atom stereocenters. The minimum Gasteiger partial charge on any atom is -0.376 e. The Labute approximate surface area is 192 Å². The molecule has 1 saturated heterocycles. The largest absolute Gasteiger partial charge is 0.376 e. The molecule has 164 valence electrons. The Morgan fingerprint density at radius 2 is 1.62 bits per heavy atom. The molecule has 0 radical (unpaired) electrons. The first kappa shape index (κ1) is 22.1. The molecule has 6 heteroatoms. The van der Waals surface area contributed by atoms with Crippen LogP contribution in [0.3, 0.4) is 0 Å². The van der Waals surface area contributed by atoms with Crippen molar-refractivity contribution in [1.82, 2.24) is 5.32 Å². The fourth-order valence-corrected chi connectivity index (χ4v) is 4.68. The molecule has 3 aromatic carbocycles. The highest BCUT2D eigenvalue weighted by Gasteiger charge is 2.24. The Bertz CT molecular complexity index is 1040. The molecular formula is C26H26N2O3S. The number of carbonyl (C=O) groups is 2. The lowest BCUT2D eigenvalue weighted by atomic mass is 10.1. The SMILES string of the molecule is O=C(NCC1CCCO1)c1ccccc1NC(=O)C(Sc1ccccc1)c1ccccc1. The molecule has 0 spiro atoms. The first-order valence-corrected chi connectivity index (χ1v) is 11.6. The van der Waals surface area contributed by atoms with E-state index < -0.39 is 5.25 Å². The lowest BCUT2D eigenvalue weighted by molar-refractivity contribution is -0.115. The van der Waals surface area contributed by atoms with Crippen molar-refractivity contribution >= 4 is 29.3 Å². The molecule has 1 fully saturated rings. The minimum absolute atomic E-state index is 0.0606. The molecule has 2 amide bonds. The third-order valence-corrected chi connectivity index (χ3v) is 6.55. The molecule has 2 N–H and O–H groups in total. The van der Waals surface area contributed by atoms with E-state index in [1.807, 2.05) is 66.7 Å². The van der Waals surface area contributed by atoms with Crippen molar-refractivity contribution in [1.29, 1.82) is 0 Å². The van der Waals surface area contributed by atoms with E-state index in [0.717, 1.165) is 29.9 Å². The molecule has 4 rings (SSSR count). The number of rotatable bonds is 8. The van der Waals surface area contributed by atoms with Gasteiger partial charge in [0.2, 0.25) is 5.91 Å². The normalized spacial score (nSPS) is 16.3. The maximum absolute atomic E-state index is 13.4. The molecule has 0 bridgehead atoms. The zero-order valence-electron chi connectivity index (χ0n) is 17.7. The van der Waals surface area contributed by atoms with Gasteiger partial charge >= 0.3 is 0 Å². The minimum atomic E-state index is -0.457. The Balaban J connectivity index is 1.51. The standard InChI is InChI=1S/C26H26N2O3S/c29-25(27-18-20-12-9-17-31-20)22-15-7-8-16-23(22)28-26(30)24(19-10-3-1-4-11-19)32-21-13-5-2-6-14-21/h1-8,10-11,13-16,20,24H,9,12,17-18H2,(H,27,29)(H,28,30). The number of amides is 2. The van der Waals surface area contributed by atoms with E-state index in [9.17, 15) is 9.59 Å². The molecule has 32 heavy (non-hydrogen) atoms. The predicted molar refractivity (Wildman–Crippen MR) is 128 cm³/mol. The molecule has 0 aromatic heterocycles. The van der Waals surface area contributed by atoms with Gasteiger partial charge in [-0.25, -0.2) is 0 Å². The van der Waals surface area contributed by atoms with Gasteiger partial charge in [0.25, 0.3) is 5.91 Å². The van der Waals surface area contributed by atoms with Gasteiger partial charge in [0.15, 0.2) is 0 Å². The Hall–Kier alpha value is -3.09. The molecule has 0 saturated carbocycles. The van der Waals surface area contributed by atoms with Crippen molar-refractivity contribution in [2.24, 2.45) is 0 Å². The van der Waals surface area contributed by atoms with Crippen LogP contribution in [0, 0.1) is 0 Å². The summed E-state index contributed by atoms with van der Waals surface area (Å²) in [5, 5.41) is 5.46. The van der Waals surface area contributed by atoms with Crippen LogP contribution in [0.25, 0.3) is 0 Å². The Morgan fingerprint density at radius 3 is 2.34 bits per heavy atom. The molecule has 3 aromatic rings. The second kappa shape index (κ2) is 11.0. The van der Waals surface area contributed by atoms with E-state index in [0.29, 0.717) is 17.8 Å². The summed E-state index contributed by atoms with van der Waals surface area (Å²) in [6.45, 7) is 1.21. The zero-order chi connectivity index (χ0) is 22.2. The summed E-state index contributed by atoms with van der Waals surface area (Å²) >= 11 is 1.48. The fraction of sp³-hybridized carbons (Fsp3) is 0.231. The van der Waals surface area contributed by atoms with Gasteiger partial charge in [-0.05, 0) is 42.7 Å². The van der Waals surface area contributed by atoms with E-state index in [-0.39, 0.29) is 17.9 Å². The van der Waals surface area contributed by atoms with Crippen LogP contribution < -0.4 is 10.6 Å². The van der Waals surface area contributed by atoms with Crippen LogP contribution in [0.15, 0.2) is 89.8 Å². The van der Waals surface area contributed by atoms with E-state index in [1.54, 1.807) is 18.2 Å². The van der Waals surface area contributed by atoms with Gasteiger partial charge in [-0.3, -0.25) is 9.59 Å².